The molecule has 0 fully saturated rings. The first-order chi connectivity index (χ1) is 9.99. The zero-order chi connectivity index (χ0) is 15.3. The van der Waals surface area contributed by atoms with E-state index < -0.39 is 22.6 Å². The van der Waals surface area contributed by atoms with Gasteiger partial charge in [-0.25, -0.2) is 17.9 Å². The molecular weight excluding hydrogens is 302 g/mol. The first kappa shape index (κ1) is 15.5. The summed E-state index contributed by atoms with van der Waals surface area (Å²) in [5.41, 5.74) is 0. The van der Waals surface area contributed by atoms with Gasteiger partial charge in [0.15, 0.2) is 11.5 Å². The molecule has 116 valence electrons. The van der Waals surface area contributed by atoms with Gasteiger partial charge in [-0.15, -0.1) is 0 Å². The molecule has 0 radical (unpaired) electrons. The number of hydrogen-bond donors (Lipinski definition) is 2. The minimum atomic E-state index is -3.71. The van der Waals surface area contributed by atoms with Crippen LogP contribution in [0.4, 0.5) is 0 Å². The molecule has 0 spiro atoms. The number of rotatable bonds is 7. The third-order valence-corrected chi connectivity index (χ3v) is 4.05. The Morgan fingerprint density at radius 1 is 1.29 bits per heavy atom. The number of carbonyl (C=O) groups is 1. The minimum absolute atomic E-state index is 0.0238. The molecule has 2 N–H and O–H groups in total. The average Bonchev–Trinajstić information content (AvgIpc) is 2.46. The quantitative estimate of drug-likeness (QED) is 0.672. The lowest BCUT2D eigenvalue weighted by Crippen LogP contribution is -2.28. The van der Waals surface area contributed by atoms with Crippen molar-refractivity contribution in [3.63, 3.8) is 0 Å². The Bertz CT molecular complexity index is 614. The normalized spacial score (nSPS) is 13.9. The van der Waals surface area contributed by atoms with Crippen LogP contribution in [-0.2, 0) is 19.6 Å². The van der Waals surface area contributed by atoms with Crippen molar-refractivity contribution >= 4 is 16.0 Å². The van der Waals surface area contributed by atoms with E-state index in [0.717, 1.165) is 0 Å². The van der Waals surface area contributed by atoms with Crippen molar-refractivity contribution in [2.24, 2.45) is 0 Å². The van der Waals surface area contributed by atoms with Crippen molar-refractivity contribution in [3.05, 3.63) is 18.2 Å². The van der Waals surface area contributed by atoms with Gasteiger partial charge in [-0.05, 0) is 12.1 Å². The summed E-state index contributed by atoms with van der Waals surface area (Å²) >= 11 is 0. The molecule has 21 heavy (non-hydrogen) atoms. The highest BCUT2D eigenvalue weighted by atomic mass is 32.2. The molecule has 8 nitrogen and oxygen atoms in total. The number of benzene rings is 1. The maximum absolute atomic E-state index is 12.0. The molecule has 0 saturated heterocycles. The van der Waals surface area contributed by atoms with Gasteiger partial charge in [-0.1, -0.05) is 0 Å². The van der Waals surface area contributed by atoms with Gasteiger partial charge in [0, 0.05) is 12.6 Å². The molecule has 1 aromatic rings. The van der Waals surface area contributed by atoms with E-state index in [4.69, 9.17) is 19.3 Å². The number of ether oxygens (including phenoxy) is 3. The number of aliphatic carboxylic acids is 1. The van der Waals surface area contributed by atoms with Crippen LogP contribution in [0.5, 0.6) is 11.5 Å². The lowest BCUT2D eigenvalue weighted by molar-refractivity contribution is -0.142. The van der Waals surface area contributed by atoms with Crippen LogP contribution in [-0.4, -0.2) is 52.5 Å². The van der Waals surface area contributed by atoms with Crippen LogP contribution in [0, 0.1) is 0 Å². The van der Waals surface area contributed by atoms with Crippen LogP contribution in [0.2, 0.25) is 0 Å². The standard InChI is InChI=1S/C12H15NO7S/c14-12(15)8-18-4-3-13-21(16,17)9-1-2-10-11(7-9)20-6-5-19-10/h1-2,7,13H,3-6,8H2,(H,14,15). The molecular formula is C12H15NO7S. The molecule has 1 aromatic carbocycles. The first-order valence-corrected chi connectivity index (χ1v) is 7.66. The van der Waals surface area contributed by atoms with Crippen LogP contribution < -0.4 is 14.2 Å². The number of fused-ring (bicyclic) bond motifs is 1. The smallest absolute Gasteiger partial charge is 0.329 e. The van der Waals surface area contributed by atoms with E-state index in [2.05, 4.69) is 4.72 Å². The molecule has 0 saturated carbocycles. The lowest BCUT2D eigenvalue weighted by atomic mass is 10.3. The zero-order valence-corrected chi connectivity index (χ0v) is 11.9. The molecule has 0 aromatic heterocycles. The summed E-state index contributed by atoms with van der Waals surface area (Å²) in [5, 5.41) is 8.37. The maximum Gasteiger partial charge on any atom is 0.329 e. The van der Waals surface area contributed by atoms with Crippen LogP contribution in [0.25, 0.3) is 0 Å². The highest BCUT2D eigenvalue weighted by Crippen LogP contribution is 2.32. The van der Waals surface area contributed by atoms with Gasteiger partial charge in [0.2, 0.25) is 10.0 Å². The van der Waals surface area contributed by atoms with E-state index in [-0.39, 0.29) is 18.0 Å². The molecule has 1 aliphatic rings. The SMILES string of the molecule is O=C(O)COCCNS(=O)(=O)c1ccc2c(c1)OCCO2. The number of carboxylic acids is 1. The maximum atomic E-state index is 12.0. The van der Waals surface area contributed by atoms with E-state index in [1.807, 2.05) is 0 Å². The molecule has 0 unspecified atom stereocenters. The number of hydrogen-bond acceptors (Lipinski definition) is 6. The monoisotopic (exact) mass is 317 g/mol. The number of carboxylic acid groups (broad SMARTS) is 1. The second-order valence-electron chi connectivity index (χ2n) is 4.15. The largest absolute Gasteiger partial charge is 0.486 e. The molecule has 9 heteroatoms. The van der Waals surface area contributed by atoms with Crippen LogP contribution in [0.15, 0.2) is 23.1 Å². The van der Waals surface area contributed by atoms with Gasteiger partial charge in [0.25, 0.3) is 0 Å². The first-order valence-electron chi connectivity index (χ1n) is 6.18. The van der Waals surface area contributed by atoms with Gasteiger partial charge in [0.05, 0.1) is 11.5 Å². The summed E-state index contributed by atoms with van der Waals surface area (Å²) in [6.45, 7) is 0.275. The minimum Gasteiger partial charge on any atom is -0.486 e. The summed E-state index contributed by atoms with van der Waals surface area (Å²) < 4.78 is 41.8. The van der Waals surface area contributed by atoms with Crippen molar-refractivity contribution in [1.29, 1.82) is 0 Å². The summed E-state index contributed by atoms with van der Waals surface area (Å²) in [4.78, 5) is 10.3. The van der Waals surface area contributed by atoms with E-state index in [1.165, 1.54) is 18.2 Å². The summed E-state index contributed by atoms with van der Waals surface area (Å²) in [6.07, 6.45) is 0. The molecule has 0 aliphatic carbocycles. The van der Waals surface area contributed by atoms with Gasteiger partial charge in [0.1, 0.15) is 19.8 Å². The van der Waals surface area contributed by atoms with Crippen molar-refractivity contribution in [1.82, 2.24) is 4.72 Å². The van der Waals surface area contributed by atoms with E-state index >= 15 is 0 Å². The number of nitrogens with one attached hydrogen (secondary N) is 1. The van der Waals surface area contributed by atoms with Crippen LogP contribution in [0.1, 0.15) is 0 Å². The molecule has 0 amide bonds. The third-order valence-electron chi connectivity index (χ3n) is 2.59. The van der Waals surface area contributed by atoms with Crippen molar-refractivity contribution < 1.29 is 32.5 Å². The van der Waals surface area contributed by atoms with Gasteiger partial charge in [-0.2, -0.15) is 0 Å². The molecule has 2 rings (SSSR count). The zero-order valence-electron chi connectivity index (χ0n) is 11.1. The van der Waals surface area contributed by atoms with Crippen LogP contribution >= 0.6 is 0 Å². The van der Waals surface area contributed by atoms with E-state index in [1.54, 1.807) is 0 Å². The summed E-state index contributed by atoms with van der Waals surface area (Å²) in [6, 6.07) is 4.33. The Morgan fingerprint density at radius 2 is 2.00 bits per heavy atom. The Balaban J connectivity index is 1.94. The molecule has 1 heterocycles. The second kappa shape index (κ2) is 6.74. The fourth-order valence-electron chi connectivity index (χ4n) is 1.68. The van der Waals surface area contributed by atoms with Gasteiger partial charge >= 0.3 is 5.97 Å². The fraction of sp³-hybridized carbons (Fsp3) is 0.417. The predicted octanol–water partition coefficient (Wildman–Crippen LogP) is -0.163. The van der Waals surface area contributed by atoms with E-state index in [9.17, 15) is 13.2 Å². The van der Waals surface area contributed by atoms with Crippen molar-refractivity contribution in [2.45, 2.75) is 4.90 Å². The van der Waals surface area contributed by atoms with E-state index in [0.29, 0.717) is 24.7 Å². The Hall–Kier alpha value is -1.84. The highest BCUT2D eigenvalue weighted by Gasteiger charge is 2.18. The summed E-state index contributed by atoms with van der Waals surface area (Å²) in [5.74, 6) is -0.221. The van der Waals surface area contributed by atoms with Crippen molar-refractivity contribution in [3.8, 4) is 11.5 Å². The molecule has 0 atom stereocenters. The lowest BCUT2D eigenvalue weighted by Gasteiger charge is -2.18. The van der Waals surface area contributed by atoms with Gasteiger partial charge in [-0.3, -0.25) is 0 Å². The third kappa shape index (κ3) is 4.31. The summed E-state index contributed by atoms with van der Waals surface area (Å²) in [7, 11) is -3.71. The molecule has 0 bridgehead atoms. The average molecular weight is 317 g/mol. The predicted molar refractivity (Wildman–Crippen MR) is 71.1 cm³/mol. The fourth-order valence-corrected chi connectivity index (χ4v) is 2.71. The number of sulfonamides is 1. The Labute approximate surface area is 121 Å². The topological polar surface area (TPSA) is 111 Å². The Morgan fingerprint density at radius 3 is 2.71 bits per heavy atom. The second-order valence-corrected chi connectivity index (χ2v) is 5.92. The van der Waals surface area contributed by atoms with Gasteiger partial charge < -0.3 is 19.3 Å². The molecule has 1 aliphatic heterocycles. The van der Waals surface area contributed by atoms with Crippen LogP contribution in [0.3, 0.4) is 0 Å². The Kier molecular flexibility index (Phi) is 4.99. The van der Waals surface area contributed by atoms with Crippen molar-refractivity contribution in [2.75, 3.05) is 33.0 Å². The highest BCUT2D eigenvalue weighted by molar-refractivity contribution is 7.89.